The molecule has 9 heteroatoms. The van der Waals surface area contributed by atoms with Gasteiger partial charge in [-0.05, 0) is 19.4 Å². The van der Waals surface area contributed by atoms with E-state index in [2.05, 4.69) is 37.5 Å². The average molecular weight is 400 g/mol. The Kier molecular flexibility index (Phi) is 6.95. The second-order valence-corrected chi connectivity index (χ2v) is 7.20. The lowest BCUT2D eigenvalue weighted by Crippen LogP contribution is -2.55. The van der Waals surface area contributed by atoms with E-state index in [9.17, 15) is 9.59 Å². The summed E-state index contributed by atoms with van der Waals surface area (Å²) in [4.78, 5) is 32.4. The van der Waals surface area contributed by atoms with Crippen LogP contribution >= 0.6 is 0 Å². The third-order valence-corrected chi connectivity index (χ3v) is 5.33. The van der Waals surface area contributed by atoms with Gasteiger partial charge in [0.1, 0.15) is 0 Å². The summed E-state index contributed by atoms with van der Waals surface area (Å²) in [6.07, 6.45) is 0.642. The van der Waals surface area contributed by atoms with Gasteiger partial charge in [0.25, 0.3) is 0 Å². The van der Waals surface area contributed by atoms with Crippen molar-refractivity contribution < 1.29 is 14.1 Å². The van der Waals surface area contributed by atoms with Gasteiger partial charge in [0.15, 0.2) is 5.82 Å². The quantitative estimate of drug-likeness (QED) is 0.750. The van der Waals surface area contributed by atoms with Crippen LogP contribution in [-0.2, 0) is 11.2 Å². The zero-order chi connectivity index (χ0) is 20.8. The van der Waals surface area contributed by atoms with Gasteiger partial charge in [0.05, 0.1) is 12.1 Å². The van der Waals surface area contributed by atoms with Crippen LogP contribution in [0.1, 0.15) is 37.2 Å². The topological polar surface area (TPSA) is 104 Å². The molecule has 156 valence electrons. The van der Waals surface area contributed by atoms with Gasteiger partial charge in [-0.3, -0.25) is 19.9 Å². The van der Waals surface area contributed by atoms with Crippen LogP contribution in [0, 0.1) is 0 Å². The Morgan fingerprint density at radius 3 is 2.41 bits per heavy atom. The van der Waals surface area contributed by atoms with E-state index in [4.69, 9.17) is 4.52 Å². The summed E-state index contributed by atoms with van der Waals surface area (Å²) in [5.41, 5.74) is 1.14. The number of amides is 3. The number of carbonyl (C=O) groups is 2. The standard InChI is InChI=1S/C20H28N6O3/c1-14(18(27)23-20(28)21-3)25-9-11-26(12-10-25)15(2)19-22-17(24-29-19)13-16-7-5-4-6-8-16/h4-8,14-15H,9-13H2,1-3H3,(H2,21,23,27,28)/t14-,15+/m0/s1. The molecule has 0 aliphatic carbocycles. The first-order chi connectivity index (χ1) is 14.0. The van der Waals surface area contributed by atoms with Crippen molar-refractivity contribution in [1.29, 1.82) is 0 Å². The van der Waals surface area contributed by atoms with E-state index >= 15 is 0 Å². The summed E-state index contributed by atoms with van der Waals surface area (Å²) in [6.45, 7) is 6.85. The SMILES string of the molecule is CNC(=O)NC(=O)[C@H](C)N1CCN([C@H](C)c2nc(Cc3ccccc3)no2)CC1. The Morgan fingerprint density at radius 1 is 1.10 bits per heavy atom. The molecule has 2 N–H and O–H groups in total. The molecular weight excluding hydrogens is 372 g/mol. The second-order valence-electron chi connectivity index (χ2n) is 7.20. The Labute approximate surface area is 170 Å². The number of hydrogen-bond donors (Lipinski definition) is 2. The van der Waals surface area contributed by atoms with Gasteiger partial charge in [-0.25, -0.2) is 4.79 Å². The lowest BCUT2D eigenvalue weighted by Gasteiger charge is -2.38. The first-order valence-corrected chi connectivity index (χ1v) is 9.85. The third-order valence-electron chi connectivity index (χ3n) is 5.33. The molecule has 1 aromatic carbocycles. The van der Waals surface area contributed by atoms with E-state index in [1.165, 1.54) is 7.05 Å². The summed E-state index contributed by atoms with van der Waals surface area (Å²) in [5, 5.41) is 8.84. The predicted molar refractivity (Wildman–Crippen MR) is 107 cm³/mol. The van der Waals surface area contributed by atoms with Crippen LogP contribution in [0.2, 0.25) is 0 Å². The monoisotopic (exact) mass is 400 g/mol. The number of benzene rings is 1. The van der Waals surface area contributed by atoms with Crippen LogP contribution in [0.3, 0.4) is 0 Å². The second kappa shape index (κ2) is 9.62. The molecular formula is C20H28N6O3. The highest BCUT2D eigenvalue weighted by atomic mass is 16.5. The van der Waals surface area contributed by atoms with Crippen LogP contribution in [-0.4, -0.2) is 71.1 Å². The minimum Gasteiger partial charge on any atom is -0.341 e. The van der Waals surface area contributed by atoms with Gasteiger partial charge in [-0.1, -0.05) is 35.5 Å². The van der Waals surface area contributed by atoms with Gasteiger partial charge in [0.2, 0.25) is 11.8 Å². The van der Waals surface area contributed by atoms with E-state index in [1.807, 2.05) is 37.3 Å². The summed E-state index contributed by atoms with van der Waals surface area (Å²) < 4.78 is 5.50. The van der Waals surface area contributed by atoms with Crippen molar-refractivity contribution in [2.45, 2.75) is 32.4 Å². The van der Waals surface area contributed by atoms with Crippen molar-refractivity contribution in [3.63, 3.8) is 0 Å². The number of nitrogens with one attached hydrogen (secondary N) is 2. The van der Waals surface area contributed by atoms with Gasteiger partial charge in [0, 0.05) is 39.6 Å². The summed E-state index contributed by atoms with van der Waals surface area (Å²) in [6, 6.07) is 9.20. The maximum Gasteiger partial charge on any atom is 0.321 e. The van der Waals surface area contributed by atoms with Crippen molar-refractivity contribution in [3.8, 4) is 0 Å². The molecule has 1 aliphatic heterocycles. The minimum absolute atomic E-state index is 0.00387. The average Bonchev–Trinajstić information content (AvgIpc) is 3.21. The molecule has 2 aromatic rings. The predicted octanol–water partition coefficient (Wildman–Crippen LogP) is 1.18. The van der Waals surface area contributed by atoms with E-state index in [0.29, 0.717) is 18.1 Å². The molecule has 0 unspecified atom stereocenters. The van der Waals surface area contributed by atoms with Crippen molar-refractivity contribution >= 4 is 11.9 Å². The van der Waals surface area contributed by atoms with Crippen molar-refractivity contribution in [2.75, 3.05) is 33.2 Å². The minimum atomic E-state index is -0.489. The number of imide groups is 1. The molecule has 2 atom stereocenters. The molecule has 0 bridgehead atoms. The third kappa shape index (κ3) is 5.39. The van der Waals surface area contributed by atoms with Gasteiger partial charge in [-0.2, -0.15) is 4.98 Å². The van der Waals surface area contributed by atoms with Crippen LogP contribution in [0.25, 0.3) is 0 Å². The molecule has 1 aromatic heterocycles. The van der Waals surface area contributed by atoms with E-state index in [1.54, 1.807) is 0 Å². The number of hydrogen-bond acceptors (Lipinski definition) is 7. The zero-order valence-corrected chi connectivity index (χ0v) is 17.1. The van der Waals surface area contributed by atoms with Crippen molar-refractivity contribution in [3.05, 3.63) is 47.6 Å². The molecule has 1 saturated heterocycles. The fourth-order valence-corrected chi connectivity index (χ4v) is 3.40. The highest BCUT2D eigenvalue weighted by Crippen LogP contribution is 2.21. The van der Waals surface area contributed by atoms with E-state index in [-0.39, 0.29) is 18.0 Å². The molecule has 0 saturated carbocycles. The molecule has 3 amide bonds. The van der Waals surface area contributed by atoms with Gasteiger partial charge < -0.3 is 9.84 Å². The van der Waals surface area contributed by atoms with Crippen LogP contribution in [0.15, 0.2) is 34.9 Å². The summed E-state index contributed by atoms with van der Waals surface area (Å²) >= 11 is 0. The number of piperazine rings is 1. The zero-order valence-electron chi connectivity index (χ0n) is 17.1. The Bertz CT molecular complexity index is 817. The van der Waals surface area contributed by atoms with Crippen LogP contribution in [0.4, 0.5) is 4.79 Å². The molecule has 0 radical (unpaired) electrons. The molecule has 3 rings (SSSR count). The first kappa shape index (κ1) is 20.9. The fourth-order valence-electron chi connectivity index (χ4n) is 3.40. The number of rotatable bonds is 6. The highest BCUT2D eigenvalue weighted by molar-refractivity contribution is 5.96. The Balaban J connectivity index is 1.52. The summed E-state index contributed by atoms with van der Waals surface area (Å²) in [7, 11) is 1.48. The highest BCUT2D eigenvalue weighted by Gasteiger charge is 2.30. The number of carbonyl (C=O) groups excluding carboxylic acids is 2. The van der Waals surface area contributed by atoms with Crippen LogP contribution in [0.5, 0.6) is 0 Å². The molecule has 2 heterocycles. The van der Waals surface area contributed by atoms with Crippen molar-refractivity contribution in [1.82, 2.24) is 30.6 Å². The largest absolute Gasteiger partial charge is 0.341 e. The van der Waals surface area contributed by atoms with Gasteiger partial charge in [-0.15, -0.1) is 0 Å². The van der Waals surface area contributed by atoms with Crippen LogP contribution < -0.4 is 10.6 Å². The molecule has 0 spiro atoms. The fraction of sp³-hybridized carbons (Fsp3) is 0.500. The van der Waals surface area contributed by atoms with E-state index in [0.717, 1.165) is 31.7 Å². The molecule has 1 fully saturated rings. The van der Waals surface area contributed by atoms with Crippen molar-refractivity contribution in [2.24, 2.45) is 0 Å². The number of nitrogens with zero attached hydrogens (tertiary/aromatic N) is 4. The smallest absolute Gasteiger partial charge is 0.321 e. The summed E-state index contributed by atoms with van der Waals surface area (Å²) in [5.74, 6) is 0.985. The Hall–Kier alpha value is -2.78. The number of urea groups is 1. The molecule has 1 aliphatic rings. The normalized spacial score (nSPS) is 17.5. The maximum atomic E-state index is 12.1. The number of aromatic nitrogens is 2. The van der Waals surface area contributed by atoms with Gasteiger partial charge >= 0.3 is 6.03 Å². The molecule has 9 nitrogen and oxygen atoms in total. The molecule has 29 heavy (non-hydrogen) atoms. The van der Waals surface area contributed by atoms with E-state index < -0.39 is 6.03 Å². The maximum absolute atomic E-state index is 12.1. The lowest BCUT2D eigenvalue weighted by atomic mass is 10.1. The lowest BCUT2D eigenvalue weighted by molar-refractivity contribution is -0.125. The first-order valence-electron chi connectivity index (χ1n) is 9.85. The Morgan fingerprint density at radius 2 is 1.76 bits per heavy atom.